The van der Waals surface area contributed by atoms with Crippen molar-refractivity contribution in [3.8, 4) is 5.75 Å². The molecule has 0 amide bonds. The Morgan fingerprint density at radius 2 is 1.54 bits per heavy atom. The summed E-state index contributed by atoms with van der Waals surface area (Å²) in [6.45, 7) is 3.75. The van der Waals surface area contributed by atoms with Crippen LogP contribution in [0, 0.1) is 5.92 Å². The molecule has 0 fully saturated rings. The molecule has 2 aromatic carbocycles. The van der Waals surface area contributed by atoms with Gasteiger partial charge in [0.05, 0.1) is 25.3 Å². The summed E-state index contributed by atoms with van der Waals surface area (Å²) in [6, 6.07) is 15.0. The van der Waals surface area contributed by atoms with Gasteiger partial charge in [0.1, 0.15) is 5.75 Å². The maximum absolute atomic E-state index is 14.1. The van der Waals surface area contributed by atoms with Crippen LogP contribution < -0.4 is 4.74 Å². The second kappa shape index (κ2) is 8.80. The lowest BCUT2D eigenvalue weighted by molar-refractivity contribution is -0.185. The Balaban J connectivity index is 2.78. The Morgan fingerprint density at radius 1 is 0.964 bits per heavy atom. The van der Waals surface area contributed by atoms with Gasteiger partial charge >= 0.3 is 6.18 Å². The highest BCUT2D eigenvalue weighted by Crippen LogP contribution is 2.43. The predicted octanol–water partition coefficient (Wildman–Crippen LogP) is 5.69. The van der Waals surface area contributed by atoms with Crippen molar-refractivity contribution in [1.29, 1.82) is 0 Å². The van der Waals surface area contributed by atoms with E-state index in [9.17, 15) is 13.2 Å². The largest absolute Gasteiger partial charge is 0.497 e. The highest BCUT2D eigenvalue weighted by atomic mass is 19.4. The molecule has 0 heterocycles. The second-order valence-corrected chi connectivity index (χ2v) is 6.81. The molecular weight excluding hydrogens is 367 g/mol. The van der Waals surface area contributed by atoms with Crippen LogP contribution in [0.4, 0.5) is 13.2 Å². The number of allylic oxidation sites excluding steroid dienone is 1. The monoisotopic (exact) mass is 393 g/mol. The van der Waals surface area contributed by atoms with E-state index in [4.69, 9.17) is 9.57 Å². The predicted molar refractivity (Wildman–Crippen MR) is 105 cm³/mol. The summed E-state index contributed by atoms with van der Waals surface area (Å²) in [4.78, 5) is 5.42. The minimum absolute atomic E-state index is 0.0683. The van der Waals surface area contributed by atoms with E-state index in [-0.39, 0.29) is 11.5 Å². The molecule has 0 aliphatic heterocycles. The van der Waals surface area contributed by atoms with E-state index in [1.807, 2.05) is 44.2 Å². The lowest BCUT2D eigenvalue weighted by Crippen LogP contribution is -2.46. The van der Waals surface area contributed by atoms with Crippen molar-refractivity contribution in [2.45, 2.75) is 25.6 Å². The van der Waals surface area contributed by atoms with Crippen LogP contribution in [0.5, 0.6) is 5.75 Å². The number of hydroxylamine groups is 2. The molecule has 3 nitrogen and oxygen atoms in total. The van der Waals surface area contributed by atoms with E-state index in [1.54, 1.807) is 7.05 Å². The van der Waals surface area contributed by atoms with E-state index in [2.05, 4.69) is 0 Å². The van der Waals surface area contributed by atoms with Crippen molar-refractivity contribution < 1.29 is 22.7 Å². The number of hydrogen-bond acceptors (Lipinski definition) is 3. The number of methoxy groups -OCH3 is 1. The van der Waals surface area contributed by atoms with Gasteiger partial charge in [-0.3, -0.25) is 0 Å². The average molecular weight is 393 g/mol. The van der Waals surface area contributed by atoms with E-state index < -0.39 is 17.3 Å². The van der Waals surface area contributed by atoms with Gasteiger partial charge in [0.2, 0.25) is 0 Å². The first-order valence-electron chi connectivity index (χ1n) is 8.94. The van der Waals surface area contributed by atoms with Crippen LogP contribution in [-0.4, -0.2) is 32.5 Å². The van der Waals surface area contributed by atoms with E-state index in [0.29, 0.717) is 11.3 Å². The third kappa shape index (κ3) is 4.39. The number of rotatable bonds is 7. The molecule has 0 N–H and O–H groups in total. The van der Waals surface area contributed by atoms with Gasteiger partial charge in [0.25, 0.3) is 0 Å². The number of benzene rings is 2. The molecule has 0 bridgehead atoms. The average Bonchev–Trinajstić information content (AvgIpc) is 2.68. The van der Waals surface area contributed by atoms with Gasteiger partial charge in [-0.05, 0) is 35.3 Å². The molecule has 0 saturated carbocycles. The first-order chi connectivity index (χ1) is 13.2. The molecule has 2 aromatic rings. The summed E-state index contributed by atoms with van der Waals surface area (Å²) in [7, 11) is 4.57. The minimum atomic E-state index is -4.54. The minimum Gasteiger partial charge on any atom is -0.497 e. The molecule has 152 valence electrons. The first kappa shape index (κ1) is 22.0. The van der Waals surface area contributed by atoms with Crippen LogP contribution in [0.1, 0.15) is 25.0 Å². The fourth-order valence-electron chi connectivity index (χ4n) is 3.40. The molecule has 28 heavy (non-hydrogen) atoms. The van der Waals surface area contributed by atoms with Crippen molar-refractivity contribution >= 4 is 5.57 Å². The zero-order valence-electron chi connectivity index (χ0n) is 16.7. The van der Waals surface area contributed by atoms with E-state index >= 15 is 0 Å². The smallest absolute Gasteiger partial charge is 0.416 e. The molecule has 0 saturated heterocycles. The summed E-state index contributed by atoms with van der Waals surface area (Å²) in [5.41, 5.74) is -1.07. The molecule has 1 unspecified atom stereocenters. The lowest BCUT2D eigenvalue weighted by Gasteiger charge is -2.42. The standard InChI is InChI=1S/C22H26F3NO2/c1-16(2)21(26(3)28-5,18-9-7-6-8-10-18)15-20(22(23,24)25)17-11-13-19(27-4)14-12-17/h6-16H,1-5H3/b20-15-. The number of likely N-dealkylation sites (N-methyl/N-ethyl adjacent to an activating group) is 1. The molecule has 0 aliphatic rings. The number of nitrogens with zero attached hydrogens (tertiary/aromatic N) is 1. The van der Waals surface area contributed by atoms with Crippen molar-refractivity contribution in [2.75, 3.05) is 21.3 Å². The number of halogens is 3. The Kier molecular flexibility index (Phi) is 6.91. The van der Waals surface area contributed by atoms with Crippen LogP contribution in [0.3, 0.4) is 0 Å². The van der Waals surface area contributed by atoms with Gasteiger partial charge in [-0.25, -0.2) is 0 Å². The topological polar surface area (TPSA) is 21.7 Å². The third-order valence-corrected chi connectivity index (χ3v) is 4.98. The van der Waals surface area contributed by atoms with E-state index in [0.717, 1.165) is 0 Å². The van der Waals surface area contributed by atoms with Gasteiger partial charge in [0, 0.05) is 7.05 Å². The van der Waals surface area contributed by atoms with Crippen molar-refractivity contribution in [3.05, 3.63) is 71.8 Å². The summed E-state index contributed by atoms with van der Waals surface area (Å²) >= 11 is 0. The van der Waals surface area contributed by atoms with Crippen molar-refractivity contribution in [3.63, 3.8) is 0 Å². The maximum Gasteiger partial charge on any atom is 0.416 e. The second-order valence-electron chi connectivity index (χ2n) is 6.81. The quantitative estimate of drug-likeness (QED) is 0.565. The van der Waals surface area contributed by atoms with Crippen molar-refractivity contribution in [1.82, 2.24) is 5.06 Å². The van der Waals surface area contributed by atoms with Crippen LogP contribution in [0.15, 0.2) is 60.7 Å². The number of alkyl halides is 3. The zero-order valence-corrected chi connectivity index (χ0v) is 16.7. The lowest BCUT2D eigenvalue weighted by atomic mass is 9.77. The SMILES string of the molecule is COc1ccc(/C(=C/C(c2ccccc2)(C(C)C)N(C)OC)C(F)(F)F)cc1. The van der Waals surface area contributed by atoms with Gasteiger partial charge in [-0.2, -0.15) is 18.2 Å². The Morgan fingerprint density at radius 3 is 1.96 bits per heavy atom. The van der Waals surface area contributed by atoms with Gasteiger partial charge in [-0.1, -0.05) is 56.3 Å². The van der Waals surface area contributed by atoms with Crippen LogP contribution >= 0.6 is 0 Å². The van der Waals surface area contributed by atoms with E-state index in [1.165, 1.54) is 49.6 Å². The molecule has 2 rings (SSSR count). The molecule has 0 aliphatic carbocycles. The van der Waals surface area contributed by atoms with Gasteiger partial charge < -0.3 is 9.57 Å². The summed E-state index contributed by atoms with van der Waals surface area (Å²) in [5, 5.41) is 1.47. The Bertz CT molecular complexity index is 786. The van der Waals surface area contributed by atoms with Gasteiger partial charge in [0.15, 0.2) is 0 Å². The Hall–Kier alpha value is -2.31. The van der Waals surface area contributed by atoms with Gasteiger partial charge in [-0.15, -0.1) is 0 Å². The molecule has 0 radical (unpaired) electrons. The third-order valence-electron chi connectivity index (χ3n) is 4.98. The first-order valence-corrected chi connectivity index (χ1v) is 8.94. The molecule has 0 aromatic heterocycles. The van der Waals surface area contributed by atoms with Crippen LogP contribution in [0.2, 0.25) is 0 Å². The summed E-state index contributed by atoms with van der Waals surface area (Å²) in [5.74, 6) is 0.285. The molecule has 0 spiro atoms. The fourth-order valence-corrected chi connectivity index (χ4v) is 3.40. The normalized spacial score (nSPS) is 15.0. The fraction of sp³-hybridized carbons (Fsp3) is 0.364. The summed E-state index contributed by atoms with van der Waals surface area (Å²) < 4.78 is 47.4. The summed E-state index contributed by atoms with van der Waals surface area (Å²) in [6.07, 6.45) is -3.28. The Labute approximate surface area is 164 Å². The number of ether oxygens (including phenoxy) is 1. The zero-order chi connectivity index (χ0) is 20.9. The van der Waals surface area contributed by atoms with Crippen molar-refractivity contribution in [2.24, 2.45) is 5.92 Å². The molecule has 1 atom stereocenters. The van der Waals surface area contributed by atoms with Crippen LogP contribution in [-0.2, 0) is 10.4 Å². The highest BCUT2D eigenvalue weighted by Gasteiger charge is 2.44. The molecular formula is C22H26F3NO2. The molecule has 6 heteroatoms. The van der Waals surface area contributed by atoms with Crippen LogP contribution in [0.25, 0.3) is 5.57 Å². The number of hydrogen-bond donors (Lipinski definition) is 0. The maximum atomic E-state index is 14.1. The highest BCUT2D eigenvalue weighted by molar-refractivity contribution is 5.71.